The van der Waals surface area contributed by atoms with Crippen LogP contribution in [0, 0.1) is 0 Å². The van der Waals surface area contributed by atoms with Crippen LogP contribution < -0.4 is 0 Å². The van der Waals surface area contributed by atoms with Crippen LogP contribution >= 0.6 is 0 Å². The third-order valence-corrected chi connectivity index (χ3v) is 7.52. The molecule has 4 N–H and O–H groups in total. The minimum atomic E-state index is -1.55. The highest BCUT2D eigenvalue weighted by atomic mass is 16.7. The van der Waals surface area contributed by atoms with Crippen LogP contribution in [0.4, 0.5) is 0 Å². The fourth-order valence-corrected chi connectivity index (χ4v) is 4.80. The van der Waals surface area contributed by atoms with Crippen molar-refractivity contribution in [2.24, 2.45) is 0 Å². The molecule has 1 rings (SSSR count). The lowest BCUT2D eigenvalue weighted by atomic mass is 9.99. The molecule has 0 spiro atoms. The number of aliphatic hydroxyl groups excluding tert-OH is 4. The molecule has 260 valence electrons. The van der Waals surface area contributed by atoms with Gasteiger partial charge in [-0.15, -0.1) is 0 Å². The Morgan fingerprint density at radius 1 is 0.733 bits per heavy atom. The molecule has 45 heavy (non-hydrogen) atoms. The molecule has 0 saturated carbocycles. The number of carbonyl (C=O) groups is 1. The molecular weight excluding hydrogens is 576 g/mol. The van der Waals surface area contributed by atoms with Crippen molar-refractivity contribution in [2.45, 2.75) is 147 Å². The van der Waals surface area contributed by atoms with Crippen LogP contribution in [0.5, 0.6) is 0 Å². The number of allylic oxidation sites excluding steroid dienone is 8. The molecule has 0 aromatic rings. The van der Waals surface area contributed by atoms with Gasteiger partial charge in [-0.1, -0.05) is 114 Å². The molecule has 1 aliphatic heterocycles. The summed E-state index contributed by atoms with van der Waals surface area (Å²) < 4.78 is 22.5. The summed E-state index contributed by atoms with van der Waals surface area (Å²) in [7, 11) is 0. The molecule has 0 radical (unpaired) electrons. The van der Waals surface area contributed by atoms with E-state index in [9.17, 15) is 25.2 Å². The zero-order valence-corrected chi connectivity index (χ0v) is 27.8. The number of hydrogen-bond acceptors (Lipinski definition) is 9. The second-order valence-electron chi connectivity index (χ2n) is 11.6. The Bertz CT molecular complexity index is 823. The fourth-order valence-electron chi connectivity index (χ4n) is 4.80. The van der Waals surface area contributed by atoms with Crippen molar-refractivity contribution >= 4 is 5.97 Å². The predicted octanol–water partition coefficient (Wildman–Crippen LogP) is 5.85. The van der Waals surface area contributed by atoms with Gasteiger partial charge >= 0.3 is 5.97 Å². The normalized spacial score (nSPS) is 23.2. The van der Waals surface area contributed by atoms with E-state index in [0.717, 1.165) is 38.5 Å². The molecule has 0 bridgehead atoms. The SMILES string of the molecule is CC/C=C\C/C=C\C/C=C\C/C=C\CCC(=O)OC(COCCCCCCCCCCC)COC1OC(CO)C(O)C(O)C1O. The summed E-state index contributed by atoms with van der Waals surface area (Å²) in [6.07, 6.45) is 24.4. The van der Waals surface area contributed by atoms with E-state index in [4.69, 9.17) is 18.9 Å². The summed E-state index contributed by atoms with van der Waals surface area (Å²) >= 11 is 0. The molecule has 0 amide bonds. The maximum absolute atomic E-state index is 12.6. The highest BCUT2D eigenvalue weighted by molar-refractivity contribution is 5.69. The topological polar surface area (TPSA) is 135 Å². The van der Waals surface area contributed by atoms with Crippen molar-refractivity contribution in [1.29, 1.82) is 0 Å². The maximum Gasteiger partial charge on any atom is 0.306 e. The van der Waals surface area contributed by atoms with Crippen LogP contribution in [-0.2, 0) is 23.7 Å². The van der Waals surface area contributed by atoms with Gasteiger partial charge in [0.05, 0.1) is 19.8 Å². The van der Waals surface area contributed by atoms with E-state index in [2.05, 4.69) is 50.3 Å². The van der Waals surface area contributed by atoms with Crippen molar-refractivity contribution in [3.8, 4) is 0 Å². The standard InChI is InChI=1S/C36H62O9/c1-3-5-7-9-11-13-14-15-16-17-19-21-23-25-32(38)44-30(28-42-26-24-22-20-18-12-10-8-6-4-2)29-43-36-35(41)34(40)33(39)31(27-37)45-36/h5,7,11,13,15-16,19,21,30-31,33-37,39-41H,3-4,6,8-10,12,14,17-18,20,22-29H2,1-2H3/b7-5-,13-11-,16-15-,21-19-. The lowest BCUT2D eigenvalue weighted by molar-refractivity contribution is -0.305. The monoisotopic (exact) mass is 638 g/mol. The highest BCUT2D eigenvalue weighted by Gasteiger charge is 2.44. The van der Waals surface area contributed by atoms with Crippen molar-refractivity contribution in [3.63, 3.8) is 0 Å². The fraction of sp³-hybridized carbons (Fsp3) is 0.750. The first kappa shape index (κ1) is 41.2. The average Bonchev–Trinajstić information content (AvgIpc) is 3.04. The first-order valence-corrected chi connectivity index (χ1v) is 17.2. The molecular formula is C36H62O9. The van der Waals surface area contributed by atoms with Crippen molar-refractivity contribution in [3.05, 3.63) is 48.6 Å². The van der Waals surface area contributed by atoms with Gasteiger partial charge in [0.1, 0.15) is 30.5 Å². The number of esters is 1. The van der Waals surface area contributed by atoms with Gasteiger partial charge in [-0.2, -0.15) is 0 Å². The molecule has 0 aromatic heterocycles. The van der Waals surface area contributed by atoms with E-state index < -0.39 is 49.4 Å². The van der Waals surface area contributed by atoms with E-state index in [0.29, 0.717) is 13.0 Å². The van der Waals surface area contributed by atoms with Gasteiger partial charge in [0.2, 0.25) is 0 Å². The van der Waals surface area contributed by atoms with Gasteiger partial charge in [-0.05, 0) is 38.5 Å². The summed E-state index contributed by atoms with van der Waals surface area (Å²) in [5.74, 6) is -0.397. The summed E-state index contributed by atoms with van der Waals surface area (Å²) in [4.78, 5) is 12.6. The van der Waals surface area contributed by atoms with Crippen LogP contribution in [0.1, 0.15) is 110 Å². The molecule has 6 atom stereocenters. The number of unbranched alkanes of at least 4 members (excludes halogenated alkanes) is 8. The van der Waals surface area contributed by atoms with E-state index in [1.807, 2.05) is 12.2 Å². The third kappa shape index (κ3) is 20.8. The quantitative estimate of drug-likeness (QED) is 0.0497. The van der Waals surface area contributed by atoms with E-state index in [-0.39, 0.29) is 19.6 Å². The average molecular weight is 639 g/mol. The zero-order valence-electron chi connectivity index (χ0n) is 27.8. The third-order valence-electron chi connectivity index (χ3n) is 7.52. The van der Waals surface area contributed by atoms with E-state index >= 15 is 0 Å². The molecule has 0 aromatic carbocycles. The lowest BCUT2D eigenvalue weighted by Gasteiger charge is -2.39. The van der Waals surface area contributed by atoms with Gasteiger partial charge in [0, 0.05) is 13.0 Å². The minimum absolute atomic E-state index is 0.115. The Labute approximate surface area is 272 Å². The van der Waals surface area contributed by atoms with Crippen LogP contribution in [-0.4, -0.2) is 89.6 Å². The predicted molar refractivity (Wildman–Crippen MR) is 178 cm³/mol. The molecule has 0 aliphatic carbocycles. The lowest BCUT2D eigenvalue weighted by Crippen LogP contribution is -2.59. The van der Waals surface area contributed by atoms with Crippen LogP contribution in [0.25, 0.3) is 0 Å². The Kier molecular flexibility index (Phi) is 26.0. The Hall–Kier alpha value is -1.85. The molecule has 9 heteroatoms. The van der Waals surface area contributed by atoms with Crippen molar-refractivity contribution < 1.29 is 44.2 Å². The minimum Gasteiger partial charge on any atom is -0.457 e. The van der Waals surface area contributed by atoms with Gasteiger partial charge in [-0.25, -0.2) is 0 Å². The second kappa shape index (κ2) is 28.4. The Balaban J connectivity index is 2.44. The molecule has 6 unspecified atom stereocenters. The number of rotatable bonds is 27. The Morgan fingerprint density at radius 3 is 1.91 bits per heavy atom. The second-order valence-corrected chi connectivity index (χ2v) is 11.6. The van der Waals surface area contributed by atoms with Gasteiger partial charge in [-0.3, -0.25) is 4.79 Å². The maximum atomic E-state index is 12.6. The first-order valence-electron chi connectivity index (χ1n) is 17.2. The molecule has 1 fully saturated rings. The van der Waals surface area contributed by atoms with Crippen molar-refractivity contribution in [1.82, 2.24) is 0 Å². The summed E-state index contributed by atoms with van der Waals surface area (Å²) in [6, 6.07) is 0. The summed E-state index contributed by atoms with van der Waals surface area (Å²) in [5.41, 5.74) is 0. The van der Waals surface area contributed by atoms with Crippen molar-refractivity contribution in [2.75, 3.05) is 26.4 Å². The highest BCUT2D eigenvalue weighted by Crippen LogP contribution is 2.22. The number of hydrogen-bond donors (Lipinski definition) is 4. The van der Waals surface area contributed by atoms with Crippen LogP contribution in [0.15, 0.2) is 48.6 Å². The number of ether oxygens (including phenoxy) is 4. The largest absolute Gasteiger partial charge is 0.457 e. The zero-order chi connectivity index (χ0) is 33.0. The first-order chi connectivity index (χ1) is 21.9. The van der Waals surface area contributed by atoms with Gasteiger partial charge in [0.15, 0.2) is 6.29 Å². The Morgan fingerprint density at radius 2 is 1.31 bits per heavy atom. The van der Waals surface area contributed by atoms with E-state index in [1.54, 1.807) is 0 Å². The summed E-state index contributed by atoms with van der Waals surface area (Å²) in [6.45, 7) is 4.30. The number of aliphatic hydroxyl groups is 4. The summed E-state index contributed by atoms with van der Waals surface area (Å²) in [5, 5.41) is 39.8. The van der Waals surface area contributed by atoms with Gasteiger partial charge in [0.25, 0.3) is 0 Å². The molecule has 1 heterocycles. The molecule has 1 aliphatic rings. The van der Waals surface area contributed by atoms with Crippen LogP contribution in [0.2, 0.25) is 0 Å². The number of carbonyl (C=O) groups excluding carboxylic acids is 1. The van der Waals surface area contributed by atoms with E-state index in [1.165, 1.54) is 44.9 Å². The smallest absolute Gasteiger partial charge is 0.306 e. The van der Waals surface area contributed by atoms with Gasteiger partial charge < -0.3 is 39.4 Å². The molecule has 1 saturated heterocycles. The van der Waals surface area contributed by atoms with Crippen LogP contribution in [0.3, 0.4) is 0 Å². The molecule has 9 nitrogen and oxygen atoms in total.